The molecule has 116 valence electrons. The van der Waals surface area contributed by atoms with Crippen molar-refractivity contribution in [3.63, 3.8) is 0 Å². The van der Waals surface area contributed by atoms with Gasteiger partial charge in [-0.05, 0) is 29.9 Å². The van der Waals surface area contributed by atoms with Gasteiger partial charge in [-0.2, -0.15) is 0 Å². The van der Waals surface area contributed by atoms with Gasteiger partial charge in [0.05, 0.1) is 12.0 Å². The summed E-state index contributed by atoms with van der Waals surface area (Å²) in [4.78, 5) is 22.9. The lowest BCUT2D eigenvalue weighted by Crippen LogP contribution is -2.27. The molecule has 0 aliphatic carbocycles. The molecule has 0 saturated heterocycles. The van der Waals surface area contributed by atoms with E-state index in [4.69, 9.17) is 5.11 Å². The highest BCUT2D eigenvalue weighted by Gasteiger charge is 2.12. The Bertz CT molecular complexity index is 489. The summed E-state index contributed by atoms with van der Waals surface area (Å²) in [6.45, 7) is 7.25. The van der Waals surface area contributed by atoms with Crippen molar-refractivity contribution in [2.45, 2.75) is 46.5 Å². The molecular weight excluding hydrogens is 266 g/mol. The first-order valence-electron chi connectivity index (χ1n) is 7.37. The summed E-state index contributed by atoms with van der Waals surface area (Å²) in [6, 6.07) is 6.62. The van der Waals surface area contributed by atoms with Gasteiger partial charge in [-0.15, -0.1) is 0 Å². The van der Waals surface area contributed by atoms with Crippen LogP contribution in [0, 0.1) is 5.41 Å². The average molecular weight is 291 g/mol. The Hall–Kier alpha value is -1.84. The number of aromatic carboxylic acids is 1. The molecule has 0 aromatic heterocycles. The van der Waals surface area contributed by atoms with E-state index >= 15 is 0 Å². The molecule has 1 aromatic carbocycles. The van der Waals surface area contributed by atoms with E-state index in [2.05, 4.69) is 26.1 Å². The van der Waals surface area contributed by atoms with Crippen LogP contribution in [0.1, 0.15) is 56.0 Å². The summed E-state index contributed by atoms with van der Waals surface area (Å²) in [5.41, 5.74) is 1.07. The van der Waals surface area contributed by atoms with E-state index < -0.39 is 5.97 Å². The van der Waals surface area contributed by atoms with Gasteiger partial charge in [-0.1, -0.05) is 45.4 Å². The fourth-order valence-electron chi connectivity index (χ4n) is 2.13. The molecule has 4 nitrogen and oxygen atoms in total. The molecule has 0 fully saturated rings. The summed E-state index contributed by atoms with van der Waals surface area (Å²) >= 11 is 0. The molecule has 21 heavy (non-hydrogen) atoms. The molecule has 0 aliphatic heterocycles. The number of carbonyl (C=O) groups excluding carboxylic acids is 1. The molecule has 0 bridgehead atoms. The van der Waals surface area contributed by atoms with Crippen molar-refractivity contribution >= 4 is 11.9 Å². The molecule has 1 amide bonds. The second-order valence-corrected chi connectivity index (χ2v) is 6.51. The average Bonchev–Trinajstić information content (AvgIpc) is 2.37. The number of hydrogen-bond acceptors (Lipinski definition) is 2. The summed E-state index contributed by atoms with van der Waals surface area (Å²) in [5.74, 6) is -1.12. The van der Waals surface area contributed by atoms with Gasteiger partial charge in [0, 0.05) is 6.54 Å². The molecule has 0 spiro atoms. The summed E-state index contributed by atoms with van der Waals surface area (Å²) in [7, 11) is 0. The second kappa shape index (κ2) is 7.81. The van der Waals surface area contributed by atoms with Crippen molar-refractivity contribution < 1.29 is 14.7 Å². The SMILES string of the molecule is CC(C)(C)CCCCNC(=O)Cc1ccccc1C(=O)O. The largest absolute Gasteiger partial charge is 0.478 e. The highest BCUT2D eigenvalue weighted by Crippen LogP contribution is 2.21. The number of carboxylic acids is 1. The van der Waals surface area contributed by atoms with E-state index in [1.54, 1.807) is 18.2 Å². The summed E-state index contributed by atoms with van der Waals surface area (Å²) < 4.78 is 0. The summed E-state index contributed by atoms with van der Waals surface area (Å²) in [6.07, 6.45) is 3.27. The minimum absolute atomic E-state index is 0.113. The first kappa shape index (κ1) is 17.2. The molecule has 0 aliphatic rings. The number of amides is 1. The third-order valence-electron chi connectivity index (χ3n) is 3.27. The normalized spacial score (nSPS) is 11.2. The zero-order chi connectivity index (χ0) is 15.9. The Morgan fingerprint density at radius 1 is 1.14 bits per heavy atom. The number of unbranched alkanes of at least 4 members (excludes halogenated alkanes) is 1. The zero-order valence-electron chi connectivity index (χ0n) is 13.1. The van der Waals surface area contributed by atoms with Crippen LogP contribution in [0.25, 0.3) is 0 Å². The Kier molecular flexibility index (Phi) is 6.40. The Morgan fingerprint density at radius 3 is 2.43 bits per heavy atom. The minimum atomic E-state index is -0.997. The van der Waals surface area contributed by atoms with Gasteiger partial charge >= 0.3 is 5.97 Å². The number of carbonyl (C=O) groups is 2. The van der Waals surface area contributed by atoms with Crippen LogP contribution in [0.4, 0.5) is 0 Å². The fourth-order valence-corrected chi connectivity index (χ4v) is 2.13. The highest BCUT2D eigenvalue weighted by molar-refractivity contribution is 5.91. The van der Waals surface area contributed by atoms with Crippen LogP contribution in [-0.4, -0.2) is 23.5 Å². The quantitative estimate of drug-likeness (QED) is 0.758. The minimum Gasteiger partial charge on any atom is -0.478 e. The van der Waals surface area contributed by atoms with Crippen LogP contribution in [0.5, 0.6) is 0 Å². The van der Waals surface area contributed by atoms with Crippen molar-refractivity contribution in [1.82, 2.24) is 5.32 Å². The van der Waals surface area contributed by atoms with E-state index in [0.717, 1.165) is 19.3 Å². The van der Waals surface area contributed by atoms with Crippen LogP contribution in [0.2, 0.25) is 0 Å². The van der Waals surface area contributed by atoms with Crippen molar-refractivity contribution in [1.29, 1.82) is 0 Å². The van der Waals surface area contributed by atoms with E-state index in [9.17, 15) is 9.59 Å². The lowest BCUT2D eigenvalue weighted by molar-refractivity contribution is -0.120. The number of benzene rings is 1. The van der Waals surface area contributed by atoms with Crippen molar-refractivity contribution in [2.24, 2.45) is 5.41 Å². The van der Waals surface area contributed by atoms with Gasteiger partial charge in [0.25, 0.3) is 0 Å². The monoisotopic (exact) mass is 291 g/mol. The fraction of sp³-hybridized carbons (Fsp3) is 0.529. The first-order valence-corrected chi connectivity index (χ1v) is 7.37. The molecule has 0 radical (unpaired) electrons. The number of rotatable bonds is 7. The van der Waals surface area contributed by atoms with Gasteiger partial charge in [0.15, 0.2) is 0 Å². The van der Waals surface area contributed by atoms with Crippen molar-refractivity contribution in [3.05, 3.63) is 35.4 Å². The lowest BCUT2D eigenvalue weighted by atomic mass is 9.90. The standard InChI is InChI=1S/C17H25NO3/c1-17(2,3)10-6-7-11-18-15(19)12-13-8-4-5-9-14(13)16(20)21/h4-5,8-9H,6-7,10-12H2,1-3H3,(H,18,19)(H,20,21). The molecular formula is C17H25NO3. The second-order valence-electron chi connectivity index (χ2n) is 6.51. The van der Waals surface area contributed by atoms with Crippen LogP contribution >= 0.6 is 0 Å². The van der Waals surface area contributed by atoms with E-state index in [-0.39, 0.29) is 17.9 Å². The van der Waals surface area contributed by atoms with Gasteiger partial charge in [-0.3, -0.25) is 4.79 Å². The first-order chi connectivity index (χ1) is 9.79. The predicted octanol–water partition coefficient (Wildman–Crippen LogP) is 3.26. The Balaban J connectivity index is 2.36. The topological polar surface area (TPSA) is 66.4 Å². The van der Waals surface area contributed by atoms with Crippen LogP contribution in [0.3, 0.4) is 0 Å². The van der Waals surface area contributed by atoms with Crippen LogP contribution in [-0.2, 0) is 11.2 Å². The molecule has 0 unspecified atom stereocenters. The van der Waals surface area contributed by atoms with E-state index in [0.29, 0.717) is 17.5 Å². The third-order valence-corrected chi connectivity index (χ3v) is 3.27. The van der Waals surface area contributed by atoms with Crippen molar-refractivity contribution in [2.75, 3.05) is 6.54 Å². The van der Waals surface area contributed by atoms with Crippen molar-refractivity contribution in [3.8, 4) is 0 Å². The zero-order valence-corrected chi connectivity index (χ0v) is 13.1. The van der Waals surface area contributed by atoms with Gasteiger partial charge in [0.1, 0.15) is 0 Å². The van der Waals surface area contributed by atoms with Gasteiger partial charge in [0.2, 0.25) is 5.91 Å². The van der Waals surface area contributed by atoms with Crippen LogP contribution < -0.4 is 5.32 Å². The molecule has 0 heterocycles. The van der Waals surface area contributed by atoms with E-state index in [1.807, 2.05) is 0 Å². The number of hydrogen-bond donors (Lipinski definition) is 2. The highest BCUT2D eigenvalue weighted by atomic mass is 16.4. The maximum atomic E-state index is 11.8. The van der Waals surface area contributed by atoms with E-state index in [1.165, 1.54) is 6.07 Å². The molecule has 4 heteroatoms. The van der Waals surface area contributed by atoms with Crippen LogP contribution in [0.15, 0.2) is 24.3 Å². The maximum absolute atomic E-state index is 11.8. The Morgan fingerprint density at radius 2 is 1.81 bits per heavy atom. The molecule has 0 atom stereocenters. The molecule has 0 saturated carbocycles. The molecule has 1 rings (SSSR count). The predicted molar refractivity (Wildman–Crippen MR) is 83.4 cm³/mol. The smallest absolute Gasteiger partial charge is 0.335 e. The van der Waals surface area contributed by atoms with Gasteiger partial charge < -0.3 is 10.4 Å². The van der Waals surface area contributed by atoms with Gasteiger partial charge in [-0.25, -0.2) is 4.79 Å². The number of nitrogens with one attached hydrogen (secondary N) is 1. The number of carboxylic acid groups (broad SMARTS) is 1. The maximum Gasteiger partial charge on any atom is 0.335 e. The third kappa shape index (κ3) is 6.93. The molecule has 1 aromatic rings. The Labute approximate surface area is 126 Å². The lowest BCUT2D eigenvalue weighted by Gasteiger charge is -2.17. The summed E-state index contributed by atoms with van der Waals surface area (Å²) in [5, 5.41) is 11.9. The molecule has 2 N–H and O–H groups in total.